The molecule has 0 saturated carbocycles. The van der Waals surface area contributed by atoms with E-state index in [-0.39, 0.29) is 28.9 Å². The number of fused-ring (bicyclic) bond motifs is 2. The highest BCUT2D eigenvalue weighted by Crippen LogP contribution is 2.55. The number of amidine groups is 1. The van der Waals surface area contributed by atoms with E-state index >= 15 is 0 Å². The van der Waals surface area contributed by atoms with Gasteiger partial charge in [-0.25, -0.2) is 0 Å². The summed E-state index contributed by atoms with van der Waals surface area (Å²) in [6.07, 6.45) is 0.809. The first-order valence-electron chi connectivity index (χ1n) is 8.55. The van der Waals surface area contributed by atoms with E-state index < -0.39 is 4.87 Å². The molecule has 0 fully saturated rings. The van der Waals surface area contributed by atoms with Crippen LogP contribution in [0.1, 0.15) is 45.7 Å². The van der Waals surface area contributed by atoms with Crippen LogP contribution in [-0.4, -0.2) is 33.9 Å². The van der Waals surface area contributed by atoms with E-state index in [1.807, 2.05) is 39.0 Å². The molecule has 1 aromatic carbocycles. The number of hydrazone groups is 1. The van der Waals surface area contributed by atoms with Crippen LogP contribution in [0.4, 0.5) is 5.69 Å². The number of carbonyl (C=O) groups excluding carboxylic acids is 3. The maximum Gasteiger partial charge on any atom is 0.271 e. The fourth-order valence-electron chi connectivity index (χ4n) is 3.35. The number of amides is 3. The van der Waals surface area contributed by atoms with E-state index in [1.165, 1.54) is 18.9 Å². The minimum Gasteiger partial charge on any atom is -0.306 e. The van der Waals surface area contributed by atoms with Gasteiger partial charge in [0, 0.05) is 25.5 Å². The molecule has 0 bridgehead atoms. The Morgan fingerprint density at radius 3 is 2.54 bits per heavy atom. The summed E-state index contributed by atoms with van der Waals surface area (Å²) < 4.78 is 0. The van der Waals surface area contributed by atoms with Gasteiger partial charge in [-0.05, 0) is 49.7 Å². The van der Waals surface area contributed by atoms with Crippen LogP contribution in [0.25, 0.3) is 0 Å². The second-order valence-electron chi connectivity index (χ2n) is 6.64. The third-order valence-electron chi connectivity index (χ3n) is 4.43. The van der Waals surface area contributed by atoms with Crippen molar-refractivity contribution in [2.45, 2.75) is 52.0 Å². The summed E-state index contributed by atoms with van der Waals surface area (Å²) in [5.74, 6) is -0.879. The number of anilines is 1. The van der Waals surface area contributed by atoms with Crippen LogP contribution in [0, 0.1) is 0 Å². The minimum atomic E-state index is -1.31. The van der Waals surface area contributed by atoms with Gasteiger partial charge in [0.05, 0.1) is 5.69 Å². The number of benzene rings is 1. The first-order chi connectivity index (χ1) is 12.2. The molecule has 8 heteroatoms. The Bertz CT molecular complexity index is 836. The third-order valence-corrected chi connectivity index (χ3v) is 5.67. The average Bonchev–Trinajstić information content (AvgIpc) is 3.04. The molecular weight excluding hydrogens is 352 g/mol. The quantitative estimate of drug-likeness (QED) is 0.860. The van der Waals surface area contributed by atoms with E-state index in [0.29, 0.717) is 0 Å². The summed E-state index contributed by atoms with van der Waals surface area (Å²) in [4.78, 5) is 37.7. The van der Waals surface area contributed by atoms with Crippen molar-refractivity contribution in [3.8, 4) is 0 Å². The van der Waals surface area contributed by atoms with Crippen molar-refractivity contribution in [1.82, 2.24) is 10.3 Å². The number of thioether (sulfide) groups is 1. The summed E-state index contributed by atoms with van der Waals surface area (Å²) in [6, 6.07) is 5.81. The fraction of sp³-hybridized carbons (Fsp3) is 0.444. The SMILES string of the molecule is CCc1ccc2c(c1)[C@]1(SC(NC(C)=O)=NN1C(C)=O)C(=O)N2C(C)C. The van der Waals surface area contributed by atoms with Gasteiger partial charge in [-0.15, -0.1) is 5.10 Å². The maximum absolute atomic E-state index is 13.5. The molecule has 0 aromatic heterocycles. The van der Waals surface area contributed by atoms with Crippen molar-refractivity contribution in [3.63, 3.8) is 0 Å². The van der Waals surface area contributed by atoms with Crippen LogP contribution < -0.4 is 10.2 Å². The molecule has 1 spiro atoms. The van der Waals surface area contributed by atoms with Gasteiger partial charge in [-0.1, -0.05) is 13.0 Å². The molecule has 0 saturated heterocycles. The predicted molar refractivity (Wildman–Crippen MR) is 101 cm³/mol. The molecule has 26 heavy (non-hydrogen) atoms. The van der Waals surface area contributed by atoms with Gasteiger partial charge in [0.1, 0.15) is 0 Å². The minimum absolute atomic E-state index is 0.0766. The highest BCUT2D eigenvalue weighted by Gasteiger charge is 2.61. The Morgan fingerprint density at radius 2 is 2.00 bits per heavy atom. The number of hydrogen-bond acceptors (Lipinski definition) is 5. The lowest BCUT2D eigenvalue weighted by Crippen LogP contribution is -2.50. The Hall–Kier alpha value is -2.35. The van der Waals surface area contributed by atoms with Gasteiger partial charge in [-0.2, -0.15) is 5.01 Å². The second-order valence-corrected chi connectivity index (χ2v) is 7.82. The number of hydrogen-bond donors (Lipinski definition) is 1. The van der Waals surface area contributed by atoms with Crippen LogP contribution in [0.2, 0.25) is 0 Å². The van der Waals surface area contributed by atoms with Crippen LogP contribution >= 0.6 is 11.8 Å². The zero-order valence-electron chi connectivity index (χ0n) is 15.5. The Labute approximate surface area is 156 Å². The molecule has 3 amide bonds. The van der Waals surface area contributed by atoms with E-state index in [9.17, 15) is 14.4 Å². The highest BCUT2D eigenvalue weighted by molar-refractivity contribution is 8.15. The summed E-state index contributed by atoms with van der Waals surface area (Å²) in [6.45, 7) is 8.64. The van der Waals surface area contributed by atoms with Crippen molar-refractivity contribution in [1.29, 1.82) is 0 Å². The third kappa shape index (κ3) is 2.59. The first kappa shape index (κ1) is 18.4. The molecule has 2 aliphatic heterocycles. The van der Waals surface area contributed by atoms with Crippen molar-refractivity contribution in [2.75, 3.05) is 4.90 Å². The summed E-state index contributed by atoms with van der Waals surface area (Å²) in [5.41, 5.74) is 2.58. The van der Waals surface area contributed by atoms with Crippen LogP contribution in [0.5, 0.6) is 0 Å². The molecule has 1 atom stereocenters. The first-order valence-corrected chi connectivity index (χ1v) is 9.37. The van der Waals surface area contributed by atoms with Crippen molar-refractivity contribution < 1.29 is 14.4 Å². The van der Waals surface area contributed by atoms with Gasteiger partial charge in [-0.3, -0.25) is 14.4 Å². The molecule has 1 N–H and O–H groups in total. The summed E-state index contributed by atoms with van der Waals surface area (Å²) >= 11 is 1.11. The molecule has 138 valence electrons. The lowest BCUT2D eigenvalue weighted by molar-refractivity contribution is -0.139. The maximum atomic E-state index is 13.5. The summed E-state index contributed by atoms with van der Waals surface area (Å²) in [5, 5.41) is 8.31. The van der Waals surface area contributed by atoms with Crippen molar-refractivity contribution in [2.24, 2.45) is 5.10 Å². The molecule has 2 heterocycles. The smallest absolute Gasteiger partial charge is 0.271 e. The lowest BCUT2D eigenvalue weighted by atomic mass is 10.0. The van der Waals surface area contributed by atoms with Crippen LogP contribution in [-0.2, 0) is 25.7 Å². The standard InChI is InChI=1S/C18H22N4O3S/c1-6-13-7-8-15-14(9-13)18(16(25)21(15)10(2)3)22(12(5)24)20-17(26-18)19-11(4)23/h7-10H,6H2,1-5H3,(H,19,20,23)/t18-/m0/s1. The fourth-order valence-corrected chi connectivity index (χ4v) is 4.66. The van der Waals surface area contributed by atoms with Gasteiger partial charge in [0.15, 0.2) is 5.17 Å². The highest BCUT2D eigenvalue weighted by atomic mass is 32.2. The Balaban J connectivity index is 2.21. The molecule has 1 aromatic rings. The zero-order valence-corrected chi connectivity index (χ0v) is 16.3. The van der Waals surface area contributed by atoms with Gasteiger partial charge in [0.2, 0.25) is 16.7 Å². The van der Waals surface area contributed by atoms with Crippen LogP contribution in [0.15, 0.2) is 23.3 Å². The van der Waals surface area contributed by atoms with Gasteiger partial charge >= 0.3 is 0 Å². The number of nitrogens with one attached hydrogen (secondary N) is 1. The Morgan fingerprint density at radius 1 is 1.31 bits per heavy atom. The molecule has 2 aliphatic rings. The number of nitrogens with zero attached hydrogens (tertiary/aromatic N) is 3. The molecule has 0 radical (unpaired) electrons. The molecule has 7 nitrogen and oxygen atoms in total. The normalized spacial score (nSPS) is 21.5. The average molecular weight is 374 g/mol. The molecular formula is C18H22N4O3S. The predicted octanol–water partition coefficient (Wildman–Crippen LogP) is 2.16. The van der Waals surface area contributed by atoms with Gasteiger partial charge < -0.3 is 10.2 Å². The number of carbonyl (C=O) groups is 3. The van der Waals surface area contributed by atoms with Crippen LogP contribution in [0.3, 0.4) is 0 Å². The lowest BCUT2D eigenvalue weighted by Gasteiger charge is -2.30. The zero-order chi connectivity index (χ0) is 19.2. The van der Waals surface area contributed by atoms with Gasteiger partial charge in [0.25, 0.3) is 5.91 Å². The summed E-state index contributed by atoms with van der Waals surface area (Å²) in [7, 11) is 0. The monoisotopic (exact) mass is 374 g/mol. The van der Waals surface area contributed by atoms with Crippen molar-refractivity contribution in [3.05, 3.63) is 29.3 Å². The molecule has 0 unspecified atom stereocenters. The van der Waals surface area contributed by atoms with E-state index in [0.717, 1.165) is 35.0 Å². The number of rotatable bonds is 2. The topological polar surface area (TPSA) is 82.1 Å². The second kappa shape index (κ2) is 6.42. The molecule has 3 rings (SSSR count). The van der Waals surface area contributed by atoms with E-state index in [2.05, 4.69) is 10.4 Å². The van der Waals surface area contributed by atoms with E-state index in [4.69, 9.17) is 0 Å². The van der Waals surface area contributed by atoms with E-state index in [1.54, 1.807) is 4.90 Å². The largest absolute Gasteiger partial charge is 0.306 e. The molecule has 0 aliphatic carbocycles. The Kier molecular flexibility index (Phi) is 4.56. The van der Waals surface area contributed by atoms with Crippen molar-refractivity contribution >= 4 is 40.3 Å². The number of aryl methyl sites for hydroxylation is 1.